The number of hydrogen-bond donors (Lipinski definition) is 0. The van der Waals surface area contributed by atoms with Crippen molar-refractivity contribution in [2.24, 2.45) is 9.98 Å². The summed E-state index contributed by atoms with van der Waals surface area (Å²) in [5.41, 5.74) is 2.23. The van der Waals surface area contributed by atoms with Crippen molar-refractivity contribution in [3.63, 3.8) is 0 Å². The molecular formula is C9H16N2. The molecule has 2 nitrogen and oxygen atoms in total. The monoisotopic (exact) mass is 152 g/mol. The molecule has 62 valence electrons. The average Bonchev–Trinajstić information content (AvgIpc) is 1.98. The van der Waals surface area contributed by atoms with Gasteiger partial charge in [-0.15, -0.1) is 0 Å². The SMILES string of the molecule is CCC[C@@H]1CN=C(C)C(C)=N1. The third-order valence-corrected chi connectivity index (χ3v) is 2.06. The van der Waals surface area contributed by atoms with Crippen molar-refractivity contribution >= 4 is 11.4 Å². The van der Waals surface area contributed by atoms with Crippen LogP contribution in [0.2, 0.25) is 0 Å². The highest BCUT2D eigenvalue weighted by Crippen LogP contribution is 2.07. The van der Waals surface area contributed by atoms with E-state index in [9.17, 15) is 0 Å². The zero-order chi connectivity index (χ0) is 8.27. The Labute approximate surface area is 68.4 Å². The first-order valence-electron chi connectivity index (χ1n) is 4.30. The first kappa shape index (κ1) is 8.44. The summed E-state index contributed by atoms with van der Waals surface area (Å²) in [5, 5.41) is 0. The molecule has 0 unspecified atom stereocenters. The minimum atomic E-state index is 0.462. The number of nitrogens with zero attached hydrogens (tertiary/aromatic N) is 2. The summed E-state index contributed by atoms with van der Waals surface area (Å²) in [5.74, 6) is 0. The zero-order valence-electron chi connectivity index (χ0n) is 7.59. The molecule has 1 aliphatic heterocycles. The van der Waals surface area contributed by atoms with E-state index in [0.717, 1.165) is 18.0 Å². The average molecular weight is 152 g/mol. The standard InChI is InChI=1S/C9H16N2/c1-4-5-9-6-10-7(2)8(3)11-9/h9H,4-6H2,1-3H3/t9-/m1/s1. The van der Waals surface area contributed by atoms with Crippen molar-refractivity contribution in [3.05, 3.63) is 0 Å². The molecule has 0 saturated carbocycles. The topological polar surface area (TPSA) is 24.7 Å². The smallest absolute Gasteiger partial charge is 0.0698 e. The highest BCUT2D eigenvalue weighted by atomic mass is 14.9. The third-order valence-electron chi connectivity index (χ3n) is 2.06. The number of aliphatic imine (C=N–C) groups is 2. The maximum Gasteiger partial charge on any atom is 0.0698 e. The molecular weight excluding hydrogens is 136 g/mol. The van der Waals surface area contributed by atoms with E-state index in [1.165, 1.54) is 12.8 Å². The van der Waals surface area contributed by atoms with Gasteiger partial charge in [0, 0.05) is 0 Å². The molecule has 0 aromatic heterocycles. The van der Waals surface area contributed by atoms with E-state index in [4.69, 9.17) is 0 Å². The zero-order valence-corrected chi connectivity index (χ0v) is 7.59. The summed E-state index contributed by atoms with van der Waals surface area (Å²) in [6, 6.07) is 0.462. The Kier molecular flexibility index (Phi) is 2.80. The summed E-state index contributed by atoms with van der Waals surface area (Å²) in [6.07, 6.45) is 2.38. The Bertz CT molecular complexity index is 192. The van der Waals surface area contributed by atoms with E-state index in [-0.39, 0.29) is 0 Å². The molecule has 11 heavy (non-hydrogen) atoms. The second-order valence-electron chi connectivity index (χ2n) is 3.08. The highest BCUT2D eigenvalue weighted by Gasteiger charge is 2.11. The van der Waals surface area contributed by atoms with Crippen LogP contribution in [0.5, 0.6) is 0 Å². The predicted octanol–water partition coefficient (Wildman–Crippen LogP) is 2.09. The fourth-order valence-corrected chi connectivity index (χ4v) is 1.25. The molecule has 1 atom stereocenters. The fourth-order valence-electron chi connectivity index (χ4n) is 1.25. The van der Waals surface area contributed by atoms with Crippen LogP contribution in [-0.4, -0.2) is 24.0 Å². The van der Waals surface area contributed by atoms with Crippen molar-refractivity contribution in [1.82, 2.24) is 0 Å². The molecule has 2 heteroatoms. The molecule has 1 aliphatic rings. The normalized spacial score (nSPS) is 24.5. The molecule has 0 spiro atoms. The molecule has 0 aromatic rings. The lowest BCUT2D eigenvalue weighted by Crippen LogP contribution is -2.21. The van der Waals surface area contributed by atoms with Gasteiger partial charge in [0.05, 0.1) is 24.0 Å². The van der Waals surface area contributed by atoms with Crippen LogP contribution < -0.4 is 0 Å². The first-order chi connectivity index (χ1) is 5.24. The Balaban J connectivity index is 2.54. The maximum atomic E-state index is 4.54. The Morgan fingerprint density at radius 2 is 2.09 bits per heavy atom. The minimum absolute atomic E-state index is 0.462. The predicted molar refractivity (Wildman–Crippen MR) is 49.8 cm³/mol. The third kappa shape index (κ3) is 2.14. The molecule has 0 aliphatic carbocycles. The quantitative estimate of drug-likeness (QED) is 0.579. The van der Waals surface area contributed by atoms with Crippen LogP contribution in [-0.2, 0) is 0 Å². The molecule has 0 aromatic carbocycles. The van der Waals surface area contributed by atoms with Gasteiger partial charge in [0.15, 0.2) is 0 Å². The van der Waals surface area contributed by atoms with Gasteiger partial charge < -0.3 is 0 Å². The fraction of sp³-hybridized carbons (Fsp3) is 0.778. The van der Waals surface area contributed by atoms with Crippen LogP contribution >= 0.6 is 0 Å². The van der Waals surface area contributed by atoms with Gasteiger partial charge in [-0.2, -0.15) is 0 Å². The van der Waals surface area contributed by atoms with E-state index in [1.54, 1.807) is 0 Å². The van der Waals surface area contributed by atoms with E-state index in [0.29, 0.717) is 6.04 Å². The Morgan fingerprint density at radius 3 is 2.64 bits per heavy atom. The van der Waals surface area contributed by atoms with Crippen LogP contribution in [0.4, 0.5) is 0 Å². The second-order valence-corrected chi connectivity index (χ2v) is 3.08. The molecule has 0 N–H and O–H groups in total. The van der Waals surface area contributed by atoms with Gasteiger partial charge >= 0.3 is 0 Å². The van der Waals surface area contributed by atoms with Gasteiger partial charge in [0.1, 0.15) is 0 Å². The van der Waals surface area contributed by atoms with Crippen molar-refractivity contribution in [2.45, 2.75) is 39.7 Å². The summed E-state index contributed by atoms with van der Waals surface area (Å²) in [7, 11) is 0. The lowest BCUT2D eigenvalue weighted by Gasteiger charge is -2.15. The second kappa shape index (κ2) is 3.65. The van der Waals surface area contributed by atoms with Gasteiger partial charge in [-0.05, 0) is 20.3 Å². The molecule has 0 amide bonds. The van der Waals surface area contributed by atoms with Crippen LogP contribution in [0.15, 0.2) is 9.98 Å². The summed E-state index contributed by atoms with van der Waals surface area (Å²) < 4.78 is 0. The Morgan fingerprint density at radius 1 is 1.36 bits per heavy atom. The Hall–Kier alpha value is -0.660. The lowest BCUT2D eigenvalue weighted by molar-refractivity contribution is 0.611. The van der Waals surface area contributed by atoms with Crippen molar-refractivity contribution in [2.75, 3.05) is 6.54 Å². The van der Waals surface area contributed by atoms with Crippen molar-refractivity contribution in [1.29, 1.82) is 0 Å². The van der Waals surface area contributed by atoms with Crippen LogP contribution in [0.1, 0.15) is 33.6 Å². The molecule has 0 radical (unpaired) electrons. The summed E-state index contributed by atoms with van der Waals surface area (Å²) >= 11 is 0. The molecule has 0 bridgehead atoms. The molecule has 1 rings (SSSR count). The molecule has 0 saturated heterocycles. The van der Waals surface area contributed by atoms with Crippen molar-refractivity contribution in [3.8, 4) is 0 Å². The first-order valence-corrected chi connectivity index (χ1v) is 4.30. The van der Waals surface area contributed by atoms with Gasteiger partial charge in [0.2, 0.25) is 0 Å². The van der Waals surface area contributed by atoms with Crippen LogP contribution in [0.25, 0.3) is 0 Å². The number of rotatable bonds is 2. The van der Waals surface area contributed by atoms with Crippen LogP contribution in [0.3, 0.4) is 0 Å². The van der Waals surface area contributed by atoms with Crippen LogP contribution in [0, 0.1) is 0 Å². The maximum absolute atomic E-state index is 4.54. The minimum Gasteiger partial charge on any atom is -0.286 e. The van der Waals surface area contributed by atoms with E-state index in [2.05, 4.69) is 16.9 Å². The van der Waals surface area contributed by atoms with Gasteiger partial charge in [0.25, 0.3) is 0 Å². The van der Waals surface area contributed by atoms with Gasteiger partial charge in [-0.25, -0.2) is 0 Å². The van der Waals surface area contributed by atoms with E-state index in [1.807, 2.05) is 13.8 Å². The van der Waals surface area contributed by atoms with E-state index < -0.39 is 0 Å². The highest BCUT2D eigenvalue weighted by molar-refractivity contribution is 6.40. The molecule has 0 fully saturated rings. The lowest BCUT2D eigenvalue weighted by atomic mass is 10.1. The van der Waals surface area contributed by atoms with Gasteiger partial charge in [-0.3, -0.25) is 9.98 Å². The summed E-state index contributed by atoms with van der Waals surface area (Å²) in [4.78, 5) is 8.94. The summed E-state index contributed by atoms with van der Waals surface area (Å²) in [6.45, 7) is 7.16. The van der Waals surface area contributed by atoms with Gasteiger partial charge in [-0.1, -0.05) is 13.3 Å². The molecule has 1 heterocycles. The number of hydrogen-bond acceptors (Lipinski definition) is 2. The largest absolute Gasteiger partial charge is 0.286 e. The van der Waals surface area contributed by atoms with E-state index >= 15 is 0 Å². The van der Waals surface area contributed by atoms with Crippen molar-refractivity contribution < 1.29 is 0 Å².